The van der Waals surface area contributed by atoms with E-state index in [1.165, 1.54) is 0 Å². The van der Waals surface area contributed by atoms with Crippen molar-refractivity contribution in [2.45, 2.75) is 38.1 Å². The van der Waals surface area contributed by atoms with Crippen LogP contribution in [0.5, 0.6) is 0 Å². The summed E-state index contributed by atoms with van der Waals surface area (Å²) < 4.78 is 1.78. The third kappa shape index (κ3) is 2.44. The fourth-order valence-corrected chi connectivity index (χ4v) is 3.00. The van der Waals surface area contributed by atoms with Gasteiger partial charge in [-0.2, -0.15) is 5.10 Å². The highest BCUT2D eigenvalue weighted by Gasteiger charge is 2.45. The summed E-state index contributed by atoms with van der Waals surface area (Å²) in [6.45, 7) is 2.73. The van der Waals surface area contributed by atoms with Crippen LogP contribution in [0.1, 0.15) is 31.7 Å². The average Bonchev–Trinajstić information content (AvgIpc) is 2.87. The van der Waals surface area contributed by atoms with Crippen LogP contribution in [-0.4, -0.2) is 15.7 Å². The summed E-state index contributed by atoms with van der Waals surface area (Å²) in [6.07, 6.45) is 4.53. The average molecular weight is 304 g/mol. The number of rotatable bonds is 4. The molecule has 4 nitrogen and oxygen atoms in total. The van der Waals surface area contributed by atoms with E-state index in [0.29, 0.717) is 5.02 Å². The summed E-state index contributed by atoms with van der Waals surface area (Å²) in [5, 5.41) is 7.90. The van der Waals surface area contributed by atoms with Gasteiger partial charge >= 0.3 is 0 Å². The Kier molecular flexibility index (Phi) is 3.72. The molecule has 3 rings (SSSR count). The number of halogens is 1. The number of amides is 1. The molecule has 1 amide bonds. The van der Waals surface area contributed by atoms with Crippen LogP contribution in [0, 0.1) is 0 Å². The number of hydrogen-bond acceptors (Lipinski definition) is 2. The van der Waals surface area contributed by atoms with Crippen molar-refractivity contribution in [1.82, 2.24) is 9.78 Å². The molecule has 0 atom stereocenters. The topological polar surface area (TPSA) is 46.9 Å². The number of nitrogens with one attached hydrogen (secondary N) is 1. The zero-order chi connectivity index (χ0) is 14.9. The van der Waals surface area contributed by atoms with Gasteiger partial charge in [0, 0.05) is 17.6 Å². The van der Waals surface area contributed by atoms with Crippen LogP contribution < -0.4 is 5.32 Å². The van der Waals surface area contributed by atoms with Gasteiger partial charge in [0.15, 0.2) is 0 Å². The number of nitrogens with zero attached hydrogens (tertiary/aromatic N) is 2. The molecule has 1 fully saturated rings. The fraction of sp³-hybridized carbons (Fsp3) is 0.375. The van der Waals surface area contributed by atoms with Crippen molar-refractivity contribution in [3.8, 4) is 0 Å². The lowest BCUT2D eigenvalue weighted by Crippen LogP contribution is -2.46. The first-order chi connectivity index (χ1) is 10.2. The Bertz CT molecular complexity index is 644. The highest BCUT2D eigenvalue weighted by Crippen LogP contribution is 2.44. The standard InChI is InChI=1S/C16H18ClN3O/c1-2-20-14(8-11-18-20)19-15(21)16(9-3-10-16)12-4-6-13(17)7-5-12/h4-8,11H,2-3,9-10H2,1H3,(H,19,21). The van der Waals surface area contributed by atoms with Crippen LogP contribution in [0.4, 0.5) is 5.82 Å². The fourth-order valence-electron chi connectivity index (χ4n) is 2.87. The number of hydrogen-bond donors (Lipinski definition) is 1. The molecule has 1 heterocycles. The molecule has 1 aliphatic carbocycles. The number of aryl methyl sites for hydroxylation is 1. The predicted octanol–water partition coefficient (Wildman–Crippen LogP) is 3.62. The highest BCUT2D eigenvalue weighted by atomic mass is 35.5. The Balaban J connectivity index is 1.86. The number of aromatic nitrogens is 2. The van der Waals surface area contributed by atoms with E-state index in [1.54, 1.807) is 10.9 Å². The maximum absolute atomic E-state index is 12.8. The van der Waals surface area contributed by atoms with Gasteiger partial charge in [0.05, 0.1) is 11.6 Å². The van der Waals surface area contributed by atoms with Crippen molar-refractivity contribution in [3.05, 3.63) is 47.1 Å². The first-order valence-corrected chi connectivity index (χ1v) is 7.63. The zero-order valence-electron chi connectivity index (χ0n) is 12.0. The maximum atomic E-state index is 12.8. The predicted molar refractivity (Wildman–Crippen MR) is 83.5 cm³/mol. The Labute approximate surface area is 129 Å². The van der Waals surface area contributed by atoms with E-state index in [4.69, 9.17) is 11.6 Å². The molecule has 1 aliphatic rings. The lowest BCUT2D eigenvalue weighted by Gasteiger charge is -2.40. The molecule has 21 heavy (non-hydrogen) atoms. The quantitative estimate of drug-likeness (QED) is 0.938. The molecular weight excluding hydrogens is 286 g/mol. The van der Waals surface area contributed by atoms with Crippen molar-refractivity contribution in [2.24, 2.45) is 0 Å². The minimum Gasteiger partial charge on any atom is -0.310 e. The first kappa shape index (κ1) is 14.1. The van der Waals surface area contributed by atoms with Crippen molar-refractivity contribution < 1.29 is 4.79 Å². The van der Waals surface area contributed by atoms with Crippen LogP contribution in [0.25, 0.3) is 0 Å². The van der Waals surface area contributed by atoms with Crippen LogP contribution in [0.3, 0.4) is 0 Å². The van der Waals surface area contributed by atoms with Gasteiger partial charge in [0.25, 0.3) is 0 Å². The van der Waals surface area contributed by atoms with Gasteiger partial charge in [-0.3, -0.25) is 4.79 Å². The Morgan fingerprint density at radius 3 is 2.62 bits per heavy atom. The summed E-state index contributed by atoms with van der Waals surface area (Å²) in [7, 11) is 0. The van der Waals surface area contributed by atoms with Crippen molar-refractivity contribution in [1.29, 1.82) is 0 Å². The van der Waals surface area contributed by atoms with E-state index in [-0.39, 0.29) is 5.91 Å². The maximum Gasteiger partial charge on any atom is 0.236 e. The monoisotopic (exact) mass is 303 g/mol. The summed E-state index contributed by atoms with van der Waals surface area (Å²) in [5.74, 6) is 0.800. The highest BCUT2D eigenvalue weighted by molar-refractivity contribution is 6.30. The molecule has 0 radical (unpaired) electrons. The molecule has 0 spiro atoms. The number of benzene rings is 1. The number of carbonyl (C=O) groups is 1. The van der Waals surface area contributed by atoms with Crippen LogP contribution in [0.2, 0.25) is 5.02 Å². The van der Waals surface area contributed by atoms with E-state index in [1.807, 2.05) is 37.3 Å². The summed E-state index contributed by atoms with van der Waals surface area (Å²) >= 11 is 5.95. The van der Waals surface area contributed by atoms with Crippen LogP contribution >= 0.6 is 11.6 Å². The molecule has 2 aromatic rings. The Morgan fingerprint density at radius 2 is 2.05 bits per heavy atom. The lowest BCUT2D eigenvalue weighted by atomic mass is 9.64. The molecule has 1 saturated carbocycles. The largest absolute Gasteiger partial charge is 0.310 e. The molecule has 110 valence electrons. The van der Waals surface area contributed by atoms with Crippen molar-refractivity contribution in [2.75, 3.05) is 5.32 Å². The van der Waals surface area contributed by atoms with Gasteiger partial charge in [0.1, 0.15) is 5.82 Å². The van der Waals surface area contributed by atoms with Crippen LogP contribution in [0.15, 0.2) is 36.5 Å². The van der Waals surface area contributed by atoms with Gasteiger partial charge in [-0.1, -0.05) is 30.2 Å². The molecule has 0 aliphatic heterocycles. The zero-order valence-corrected chi connectivity index (χ0v) is 12.7. The lowest BCUT2D eigenvalue weighted by molar-refractivity contribution is -0.124. The number of anilines is 1. The molecule has 1 aromatic heterocycles. The second-order valence-corrected chi connectivity index (χ2v) is 5.87. The van der Waals surface area contributed by atoms with Gasteiger partial charge in [-0.25, -0.2) is 4.68 Å². The van der Waals surface area contributed by atoms with Crippen molar-refractivity contribution >= 4 is 23.3 Å². The third-order valence-electron chi connectivity index (χ3n) is 4.30. The van der Waals surface area contributed by atoms with E-state index >= 15 is 0 Å². The van der Waals surface area contributed by atoms with E-state index in [2.05, 4.69) is 10.4 Å². The molecule has 0 bridgehead atoms. The van der Waals surface area contributed by atoms with Gasteiger partial charge in [-0.05, 0) is 37.5 Å². The van der Waals surface area contributed by atoms with E-state index in [9.17, 15) is 4.79 Å². The number of carbonyl (C=O) groups excluding carboxylic acids is 1. The van der Waals surface area contributed by atoms with E-state index < -0.39 is 5.41 Å². The van der Waals surface area contributed by atoms with E-state index in [0.717, 1.165) is 37.2 Å². The minimum atomic E-state index is -0.423. The van der Waals surface area contributed by atoms with Gasteiger partial charge in [-0.15, -0.1) is 0 Å². The molecular formula is C16H18ClN3O. The van der Waals surface area contributed by atoms with Crippen LogP contribution in [-0.2, 0) is 16.8 Å². The normalized spacial score (nSPS) is 16.3. The molecule has 0 saturated heterocycles. The third-order valence-corrected chi connectivity index (χ3v) is 4.55. The first-order valence-electron chi connectivity index (χ1n) is 7.25. The smallest absolute Gasteiger partial charge is 0.236 e. The molecule has 1 aromatic carbocycles. The Hall–Kier alpha value is -1.81. The molecule has 0 unspecified atom stereocenters. The summed E-state index contributed by atoms with van der Waals surface area (Å²) in [4.78, 5) is 12.8. The molecule has 5 heteroatoms. The van der Waals surface area contributed by atoms with Gasteiger partial charge < -0.3 is 5.32 Å². The van der Waals surface area contributed by atoms with Crippen molar-refractivity contribution in [3.63, 3.8) is 0 Å². The van der Waals surface area contributed by atoms with Gasteiger partial charge in [0.2, 0.25) is 5.91 Å². The Morgan fingerprint density at radius 1 is 1.33 bits per heavy atom. The summed E-state index contributed by atoms with van der Waals surface area (Å²) in [6, 6.07) is 9.44. The minimum absolute atomic E-state index is 0.0475. The second kappa shape index (κ2) is 5.53. The molecule has 1 N–H and O–H groups in total. The SMILES string of the molecule is CCn1nccc1NC(=O)C1(c2ccc(Cl)cc2)CCC1. The summed E-state index contributed by atoms with van der Waals surface area (Å²) in [5.41, 5.74) is 0.617. The second-order valence-electron chi connectivity index (χ2n) is 5.43.